The van der Waals surface area contributed by atoms with E-state index in [-0.39, 0.29) is 29.6 Å². The molecule has 0 radical (unpaired) electrons. The van der Waals surface area contributed by atoms with Crippen molar-refractivity contribution in [2.45, 2.75) is 39.7 Å². The lowest BCUT2D eigenvalue weighted by Crippen LogP contribution is -2.40. The molecule has 2 amide bonds. The van der Waals surface area contributed by atoms with Crippen LogP contribution in [0.4, 0.5) is 5.69 Å². The maximum atomic E-state index is 11.9. The Balaban J connectivity index is 2.67. The van der Waals surface area contributed by atoms with E-state index in [1.807, 2.05) is 20.8 Å². The Morgan fingerprint density at radius 3 is 2.05 bits per heavy atom. The molecule has 0 aromatic heterocycles. The van der Waals surface area contributed by atoms with Gasteiger partial charge in [0.25, 0.3) is 5.91 Å². The van der Waals surface area contributed by atoms with Gasteiger partial charge in [-0.15, -0.1) is 0 Å². The van der Waals surface area contributed by atoms with Crippen molar-refractivity contribution >= 4 is 23.3 Å². The second-order valence-electron chi connectivity index (χ2n) is 5.71. The molecule has 0 aliphatic heterocycles. The Hall–Kier alpha value is -2.17. The van der Waals surface area contributed by atoms with Gasteiger partial charge >= 0.3 is 0 Å². The van der Waals surface area contributed by atoms with Gasteiger partial charge in [0.15, 0.2) is 0 Å². The van der Waals surface area contributed by atoms with E-state index in [2.05, 4.69) is 10.6 Å². The van der Waals surface area contributed by atoms with Crippen LogP contribution in [0.3, 0.4) is 0 Å². The number of carbonyl (C=O) groups excluding carboxylic acids is 3. The molecule has 0 heterocycles. The van der Waals surface area contributed by atoms with Gasteiger partial charge in [-0.3, -0.25) is 14.4 Å². The minimum atomic E-state index is -0.357. The smallest absolute Gasteiger partial charge is 0.251 e. The van der Waals surface area contributed by atoms with Crippen molar-refractivity contribution in [3.63, 3.8) is 0 Å². The molecule has 0 bridgehead atoms. The second kappa shape index (κ2) is 6.32. The summed E-state index contributed by atoms with van der Waals surface area (Å²) in [6, 6.07) is 6.53. The van der Waals surface area contributed by atoms with E-state index in [9.17, 15) is 14.4 Å². The summed E-state index contributed by atoms with van der Waals surface area (Å²) >= 11 is 0. The number of benzene rings is 1. The van der Waals surface area contributed by atoms with Gasteiger partial charge in [0.1, 0.15) is 5.78 Å². The van der Waals surface area contributed by atoms with Gasteiger partial charge in [-0.05, 0) is 52.0 Å². The lowest BCUT2D eigenvalue weighted by Gasteiger charge is -2.20. The molecular formula is C15H20N2O3. The van der Waals surface area contributed by atoms with Gasteiger partial charge in [-0.1, -0.05) is 0 Å². The molecule has 0 atom stereocenters. The predicted octanol–water partition coefficient (Wildman–Crippen LogP) is 2.13. The highest BCUT2D eigenvalue weighted by molar-refractivity contribution is 6.03. The number of amides is 2. The Morgan fingerprint density at radius 1 is 1.05 bits per heavy atom. The fourth-order valence-corrected chi connectivity index (χ4v) is 1.55. The highest BCUT2D eigenvalue weighted by Crippen LogP contribution is 2.11. The van der Waals surface area contributed by atoms with E-state index >= 15 is 0 Å². The van der Waals surface area contributed by atoms with Gasteiger partial charge in [0, 0.05) is 16.8 Å². The Bertz CT molecular complexity index is 513. The van der Waals surface area contributed by atoms with Gasteiger partial charge in [0.05, 0.1) is 6.42 Å². The lowest BCUT2D eigenvalue weighted by atomic mass is 10.1. The van der Waals surface area contributed by atoms with Crippen molar-refractivity contribution in [1.82, 2.24) is 5.32 Å². The molecule has 1 aromatic carbocycles. The summed E-state index contributed by atoms with van der Waals surface area (Å²) in [4.78, 5) is 34.1. The minimum Gasteiger partial charge on any atom is -0.347 e. The van der Waals surface area contributed by atoms with E-state index in [4.69, 9.17) is 0 Å². The largest absolute Gasteiger partial charge is 0.347 e. The fraction of sp³-hybridized carbons (Fsp3) is 0.400. The van der Waals surface area contributed by atoms with Crippen LogP contribution in [0.15, 0.2) is 24.3 Å². The van der Waals surface area contributed by atoms with E-state index in [1.165, 1.54) is 6.92 Å². The van der Waals surface area contributed by atoms with Crippen molar-refractivity contribution in [3.05, 3.63) is 29.8 Å². The minimum absolute atomic E-state index is 0.147. The van der Waals surface area contributed by atoms with Crippen LogP contribution in [-0.2, 0) is 9.59 Å². The summed E-state index contributed by atoms with van der Waals surface area (Å²) in [7, 11) is 0. The molecule has 108 valence electrons. The van der Waals surface area contributed by atoms with Gasteiger partial charge < -0.3 is 10.6 Å². The van der Waals surface area contributed by atoms with E-state index in [0.29, 0.717) is 11.3 Å². The summed E-state index contributed by atoms with van der Waals surface area (Å²) in [5.41, 5.74) is 0.777. The SMILES string of the molecule is CC(=O)CC(=O)Nc1ccc(C(=O)NC(C)(C)C)cc1. The van der Waals surface area contributed by atoms with Gasteiger partial charge in [0.2, 0.25) is 5.91 Å². The number of ketones is 1. The third kappa shape index (κ3) is 5.65. The summed E-state index contributed by atoms with van der Waals surface area (Å²) in [6.45, 7) is 7.07. The number of rotatable bonds is 4. The molecule has 20 heavy (non-hydrogen) atoms. The van der Waals surface area contributed by atoms with Crippen LogP contribution in [0.1, 0.15) is 44.5 Å². The highest BCUT2D eigenvalue weighted by Gasteiger charge is 2.15. The van der Waals surface area contributed by atoms with Crippen molar-refractivity contribution in [3.8, 4) is 0 Å². The first-order valence-corrected chi connectivity index (χ1v) is 6.39. The predicted molar refractivity (Wildman–Crippen MR) is 77.6 cm³/mol. The third-order valence-electron chi connectivity index (χ3n) is 2.33. The monoisotopic (exact) mass is 276 g/mol. The highest BCUT2D eigenvalue weighted by atomic mass is 16.2. The first-order chi connectivity index (χ1) is 9.17. The molecule has 0 saturated carbocycles. The first-order valence-electron chi connectivity index (χ1n) is 6.39. The number of nitrogens with one attached hydrogen (secondary N) is 2. The van der Waals surface area contributed by atoms with Crippen molar-refractivity contribution in [2.75, 3.05) is 5.32 Å². The Morgan fingerprint density at radius 2 is 1.60 bits per heavy atom. The molecule has 5 heteroatoms. The van der Waals surface area contributed by atoms with Crippen LogP contribution in [0.25, 0.3) is 0 Å². The van der Waals surface area contributed by atoms with Crippen molar-refractivity contribution in [1.29, 1.82) is 0 Å². The van der Waals surface area contributed by atoms with Crippen molar-refractivity contribution in [2.24, 2.45) is 0 Å². The molecule has 1 aromatic rings. The Labute approximate surface area is 118 Å². The lowest BCUT2D eigenvalue weighted by molar-refractivity contribution is -0.124. The molecule has 2 N–H and O–H groups in total. The standard InChI is InChI=1S/C15H20N2O3/c1-10(18)9-13(19)16-12-7-5-11(6-8-12)14(20)17-15(2,3)4/h5-8H,9H2,1-4H3,(H,16,19)(H,17,20). The van der Waals surface area contributed by atoms with Gasteiger partial charge in [-0.2, -0.15) is 0 Å². The number of carbonyl (C=O) groups is 3. The number of hydrogen-bond donors (Lipinski definition) is 2. The normalized spacial score (nSPS) is 10.8. The zero-order chi connectivity index (χ0) is 15.3. The molecule has 0 aliphatic rings. The van der Waals surface area contributed by atoms with Crippen LogP contribution in [0.5, 0.6) is 0 Å². The van der Waals surface area contributed by atoms with Crippen LogP contribution in [0, 0.1) is 0 Å². The molecule has 0 unspecified atom stereocenters. The second-order valence-corrected chi connectivity index (χ2v) is 5.71. The maximum absolute atomic E-state index is 11.9. The van der Waals surface area contributed by atoms with Crippen LogP contribution < -0.4 is 10.6 Å². The number of hydrogen-bond acceptors (Lipinski definition) is 3. The third-order valence-corrected chi connectivity index (χ3v) is 2.33. The number of Topliss-reactive ketones (excluding diaryl/α,β-unsaturated/α-hetero) is 1. The molecule has 5 nitrogen and oxygen atoms in total. The number of anilines is 1. The average molecular weight is 276 g/mol. The van der Waals surface area contributed by atoms with E-state index in [1.54, 1.807) is 24.3 Å². The Kier molecular flexibility index (Phi) is 5.02. The molecule has 0 saturated heterocycles. The molecule has 0 fully saturated rings. The first kappa shape index (κ1) is 15.9. The fourth-order valence-electron chi connectivity index (χ4n) is 1.55. The van der Waals surface area contributed by atoms with Crippen LogP contribution in [-0.4, -0.2) is 23.1 Å². The topological polar surface area (TPSA) is 75.3 Å². The van der Waals surface area contributed by atoms with Crippen LogP contribution in [0.2, 0.25) is 0 Å². The van der Waals surface area contributed by atoms with Crippen LogP contribution >= 0.6 is 0 Å². The van der Waals surface area contributed by atoms with E-state index in [0.717, 1.165) is 0 Å². The average Bonchev–Trinajstić information content (AvgIpc) is 2.26. The summed E-state index contributed by atoms with van der Waals surface area (Å²) in [6.07, 6.45) is -0.147. The molecule has 1 rings (SSSR count). The zero-order valence-corrected chi connectivity index (χ0v) is 12.2. The van der Waals surface area contributed by atoms with E-state index < -0.39 is 0 Å². The summed E-state index contributed by atoms with van der Waals surface area (Å²) < 4.78 is 0. The molecule has 0 spiro atoms. The summed E-state index contributed by atoms with van der Waals surface area (Å²) in [5, 5.41) is 5.45. The zero-order valence-electron chi connectivity index (χ0n) is 12.2. The quantitative estimate of drug-likeness (QED) is 0.827. The molecule has 0 aliphatic carbocycles. The summed E-state index contributed by atoms with van der Waals surface area (Å²) in [5.74, 6) is -0.716. The van der Waals surface area contributed by atoms with Crippen molar-refractivity contribution < 1.29 is 14.4 Å². The van der Waals surface area contributed by atoms with Gasteiger partial charge in [-0.25, -0.2) is 0 Å². The molecular weight excluding hydrogens is 256 g/mol. The maximum Gasteiger partial charge on any atom is 0.251 e.